The third-order valence-corrected chi connectivity index (χ3v) is 2.63. The van der Waals surface area contributed by atoms with Gasteiger partial charge in [-0.15, -0.1) is 0 Å². The predicted molar refractivity (Wildman–Crippen MR) is 57.2 cm³/mol. The van der Waals surface area contributed by atoms with Gasteiger partial charge in [-0.2, -0.15) is 0 Å². The molecule has 0 atom stereocenters. The smallest absolute Gasteiger partial charge is 0.308 e. The van der Waals surface area contributed by atoms with E-state index in [-0.39, 0.29) is 17.7 Å². The molecule has 0 spiro atoms. The molecule has 0 fully saturated rings. The monoisotopic (exact) mass is 307 g/mol. The summed E-state index contributed by atoms with van der Waals surface area (Å²) < 4.78 is 0.596. The molecule has 0 heterocycles. The molecule has 0 amide bonds. The summed E-state index contributed by atoms with van der Waals surface area (Å²) in [7, 11) is 0. The van der Waals surface area contributed by atoms with Gasteiger partial charge in [0.05, 0.1) is 16.9 Å². The van der Waals surface area contributed by atoms with Crippen molar-refractivity contribution in [2.24, 2.45) is 0 Å². The van der Waals surface area contributed by atoms with E-state index in [1.807, 2.05) is 22.6 Å². The molecule has 5 nitrogen and oxygen atoms in total. The van der Waals surface area contributed by atoms with Crippen molar-refractivity contribution in [1.82, 2.24) is 0 Å². The molecule has 0 aromatic heterocycles. The van der Waals surface area contributed by atoms with Crippen molar-refractivity contribution < 1.29 is 14.8 Å². The first-order valence-corrected chi connectivity index (χ1v) is 4.74. The molecule has 0 unspecified atom stereocenters. The van der Waals surface area contributed by atoms with Crippen LogP contribution in [0.3, 0.4) is 0 Å². The molecule has 6 heteroatoms. The van der Waals surface area contributed by atoms with E-state index in [4.69, 9.17) is 5.11 Å². The highest BCUT2D eigenvalue weighted by Crippen LogP contribution is 2.23. The van der Waals surface area contributed by atoms with E-state index >= 15 is 0 Å². The standard InChI is InChI=1S/C8H6INO4/c9-6-2-1-3-7(10(13)14)5(6)4-8(11)12/h1-3H,4H2,(H,11,12). The van der Waals surface area contributed by atoms with Crippen molar-refractivity contribution in [2.75, 3.05) is 0 Å². The molecule has 1 aromatic rings. The first-order chi connectivity index (χ1) is 6.52. The number of hydrogen-bond donors (Lipinski definition) is 1. The molecule has 0 radical (unpaired) electrons. The molecule has 0 saturated heterocycles. The van der Waals surface area contributed by atoms with Crippen LogP contribution in [0, 0.1) is 13.7 Å². The number of aliphatic carboxylic acids is 1. The van der Waals surface area contributed by atoms with Crippen molar-refractivity contribution in [1.29, 1.82) is 0 Å². The SMILES string of the molecule is O=C(O)Cc1c(I)cccc1[N+](=O)[O-]. The minimum atomic E-state index is -1.07. The third kappa shape index (κ3) is 2.41. The Hall–Kier alpha value is -1.18. The lowest BCUT2D eigenvalue weighted by atomic mass is 10.1. The summed E-state index contributed by atoms with van der Waals surface area (Å²) in [6.45, 7) is 0. The molecule has 1 aromatic carbocycles. The average molecular weight is 307 g/mol. The Balaban J connectivity index is 3.22. The van der Waals surface area contributed by atoms with Crippen LogP contribution in [-0.2, 0) is 11.2 Å². The lowest BCUT2D eigenvalue weighted by molar-refractivity contribution is -0.385. The van der Waals surface area contributed by atoms with Gasteiger partial charge in [0, 0.05) is 9.64 Å². The number of halogens is 1. The second kappa shape index (κ2) is 4.36. The van der Waals surface area contributed by atoms with Crippen molar-refractivity contribution >= 4 is 34.2 Å². The van der Waals surface area contributed by atoms with Gasteiger partial charge < -0.3 is 5.11 Å². The highest BCUT2D eigenvalue weighted by atomic mass is 127. The molecule has 1 N–H and O–H groups in total. The Kier molecular flexibility index (Phi) is 3.39. The number of hydrogen-bond acceptors (Lipinski definition) is 3. The van der Waals surface area contributed by atoms with Crippen molar-refractivity contribution in [2.45, 2.75) is 6.42 Å². The summed E-state index contributed by atoms with van der Waals surface area (Å²) in [4.78, 5) is 20.5. The van der Waals surface area contributed by atoms with Crippen molar-refractivity contribution in [3.8, 4) is 0 Å². The van der Waals surface area contributed by atoms with E-state index in [1.54, 1.807) is 6.07 Å². The molecule has 0 bridgehead atoms. The quantitative estimate of drug-likeness (QED) is 0.525. The number of carboxylic acids is 1. The summed E-state index contributed by atoms with van der Waals surface area (Å²) in [5.74, 6) is -1.07. The molecule has 0 saturated carbocycles. The summed E-state index contributed by atoms with van der Waals surface area (Å²) in [5, 5.41) is 19.1. The zero-order chi connectivity index (χ0) is 10.7. The first-order valence-electron chi connectivity index (χ1n) is 3.66. The van der Waals surface area contributed by atoms with Crippen LogP contribution >= 0.6 is 22.6 Å². The first kappa shape index (κ1) is 10.9. The number of benzene rings is 1. The molecular formula is C8H6INO4. The highest BCUT2D eigenvalue weighted by molar-refractivity contribution is 14.1. The van der Waals surface area contributed by atoms with Crippen molar-refractivity contribution in [3.05, 3.63) is 37.4 Å². The Morgan fingerprint density at radius 1 is 1.57 bits per heavy atom. The summed E-state index contributed by atoms with van der Waals surface area (Å²) in [6, 6.07) is 4.48. The number of rotatable bonds is 3. The fourth-order valence-corrected chi connectivity index (χ4v) is 1.72. The molecule has 0 aliphatic heterocycles. The van der Waals surface area contributed by atoms with Gasteiger partial charge in [-0.05, 0) is 28.7 Å². The van der Waals surface area contributed by atoms with Crippen LogP contribution in [0.1, 0.15) is 5.56 Å². The number of nitro groups is 1. The van der Waals surface area contributed by atoms with Gasteiger partial charge >= 0.3 is 5.97 Å². The number of nitrogens with zero attached hydrogens (tertiary/aromatic N) is 1. The largest absolute Gasteiger partial charge is 0.481 e. The van der Waals surface area contributed by atoms with Crippen LogP contribution in [0.2, 0.25) is 0 Å². The van der Waals surface area contributed by atoms with Gasteiger partial charge in [0.1, 0.15) is 0 Å². The molecule has 0 aliphatic carbocycles. The van der Waals surface area contributed by atoms with Gasteiger partial charge in [0.15, 0.2) is 0 Å². The maximum atomic E-state index is 10.6. The van der Waals surface area contributed by atoms with E-state index in [0.717, 1.165) is 0 Å². The summed E-state index contributed by atoms with van der Waals surface area (Å²) >= 11 is 1.88. The number of carbonyl (C=O) groups is 1. The van der Waals surface area contributed by atoms with Crippen LogP contribution in [-0.4, -0.2) is 16.0 Å². The second-order valence-electron chi connectivity index (χ2n) is 2.57. The molecule has 0 aliphatic rings. The maximum absolute atomic E-state index is 10.6. The van der Waals surface area contributed by atoms with Gasteiger partial charge in [0.2, 0.25) is 0 Å². The Labute approximate surface area is 93.0 Å². The maximum Gasteiger partial charge on any atom is 0.308 e. The normalized spacial score (nSPS) is 9.79. The topological polar surface area (TPSA) is 80.4 Å². The minimum absolute atomic E-state index is 0.140. The van der Waals surface area contributed by atoms with Crippen LogP contribution in [0.25, 0.3) is 0 Å². The van der Waals surface area contributed by atoms with Crippen LogP contribution in [0.15, 0.2) is 18.2 Å². The Morgan fingerprint density at radius 2 is 2.21 bits per heavy atom. The molecular weight excluding hydrogens is 301 g/mol. The minimum Gasteiger partial charge on any atom is -0.481 e. The molecule has 1 rings (SSSR count). The zero-order valence-electron chi connectivity index (χ0n) is 6.94. The number of nitro benzene ring substituents is 1. The van der Waals surface area contributed by atoms with Gasteiger partial charge in [-0.1, -0.05) is 6.07 Å². The average Bonchev–Trinajstić information content (AvgIpc) is 2.07. The fraction of sp³-hybridized carbons (Fsp3) is 0.125. The third-order valence-electron chi connectivity index (χ3n) is 1.62. The van der Waals surface area contributed by atoms with E-state index in [2.05, 4.69) is 0 Å². The van der Waals surface area contributed by atoms with Crippen LogP contribution in [0.4, 0.5) is 5.69 Å². The highest BCUT2D eigenvalue weighted by Gasteiger charge is 2.18. The van der Waals surface area contributed by atoms with E-state index < -0.39 is 10.9 Å². The van der Waals surface area contributed by atoms with E-state index in [0.29, 0.717) is 3.57 Å². The Bertz CT molecular complexity index is 391. The van der Waals surface area contributed by atoms with E-state index in [9.17, 15) is 14.9 Å². The lowest BCUT2D eigenvalue weighted by Crippen LogP contribution is -2.05. The fourth-order valence-electron chi connectivity index (χ4n) is 1.04. The van der Waals surface area contributed by atoms with Crippen LogP contribution in [0.5, 0.6) is 0 Å². The van der Waals surface area contributed by atoms with Gasteiger partial charge in [-0.25, -0.2) is 0 Å². The Morgan fingerprint density at radius 3 is 2.71 bits per heavy atom. The lowest BCUT2D eigenvalue weighted by Gasteiger charge is -2.01. The van der Waals surface area contributed by atoms with Crippen molar-refractivity contribution in [3.63, 3.8) is 0 Å². The van der Waals surface area contributed by atoms with Gasteiger partial charge in [-0.3, -0.25) is 14.9 Å². The molecule has 14 heavy (non-hydrogen) atoms. The van der Waals surface area contributed by atoms with Crippen LogP contribution < -0.4 is 0 Å². The number of carboxylic acid groups (broad SMARTS) is 1. The second-order valence-corrected chi connectivity index (χ2v) is 3.73. The summed E-state index contributed by atoms with van der Waals surface area (Å²) in [6.07, 6.45) is -0.324. The zero-order valence-corrected chi connectivity index (χ0v) is 9.09. The van der Waals surface area contributed by atoms with E-state index in [1.165, 1.54) is 12.1 Å². The predicted octanol–water partition coefficient (Wildman–Crippen LogP) is 1.83. The van der Waals surface area contributed by atoms with Gasteiger partial charge in [0.25, 0.3) is 5.69 Å². The molecule has 74 valence electrons. The summed E-state index contributed by atoms with van der Waals surface area (Å²) in [5.41, 5.74) is 0.116.